The molecular formula is C17H33KN2O4. The second-order valence-corrected chi connectivity index (χ2v) is 4.89. The molecule has 0 fully saturated rings. The van der Waals surface area contributed by atoms with Crippen molar-refractivity contribution in [1.29, 1.82) is 0 Å². The molecule has 0 saturated carbocycles. The monoisotopic (exact) mass is 368 g/mol. The summed E-state index contributed by atoms with van der Waals surface area (Å²) in [5, 5.41) is 7.42. The Balaban J connectivity index is -0.000000151. The van der Waals surface area contributed by atoms with E-state index >= 15 is 0 Å². The van der Waals surface area contributed by atoms with E-state index in [-0.39, 0.29) is 76.5 Å². The van der Waals surface area contributed by atoms with E-state index in [1.165, 1.54) is 5.56 Å². The number of carboxylic acids is 1. The van der Waals surface area contributed by atoms with Crippen LogP contribution in [0.3, 0.4) is 0 Å². The van der Waals surface area contributed by atoms with Crippen molar-refractivity contribution >= 4 is 11.9 Å². The number of aliphatic carboxylic acids is 1. The van der Waals surface area contributed by atoms with Gasteiger partial charge < -0.3 is 23.6 Å². The van der Waals surface area contributed by atoms with Gasteiger partial charge in [-0.3, -0.25) is 9.59 Å². The molecule has 1 aromatic carbocycles. The maximum Gasteiger partial charge on any atom is 1.00 e. The summed E-state index contributed by atoms with van der Waals surface area (Å²) in [6.45, 7) is 7.51. The molecular weight excluding hydrogens is 335 g/mol. The number of carbonyl (C=O) groups is 2. The van der Waals surface area contributed by atoms with Crippen LogP contribution in [0, 0.1) is 5.41 Å². The molecule has 1 aromatic rings. The number of hydrogen-bond acceptors (Lipinski definition) is 5. The Bertz CT molecular complexity index is 440. The molecule has 0 aliphatic heterocycles. The first-order valence-corrected chi connectivity index (χ1v) is 7.32. The summed E-state index contributed by atoms with van der Waals surface area (Å²) in [6, 6.07) is 10.2. The van der Waals surface area contributed by atoms with Crippen molar-refractivity contribution in [2.75, 3.05) is 6.61 Å². The number of carboxylic acid groups (broad SMARTS) is 1. The molecule has 0 aliphatic rings. The summed E-state index contributed by atoms with van der Waals surface area (Å²) in [6.07, 6.45) is 2.40. The van der Waals surface area contributed by atoms with Gasteiger partial charge in [-0.15, -0.1) is 0 Å². The van der Waals surface area contributed by atoms with Crippen molar-refractivity contribution in [3.8, 4) is 0 Å². The molecule has 24 heavy (non-hydrogen) atoms. The van der Waals surface area contributed by atoms with Gasteiger partial charge in [0.15, 0.2) is 0 Å². The molecule has 0 bridgehead atoms. The van der Waals surface area contributed by atoms with Crippen LogP contribution in [0.1, 0.15) is 47.5 Å². The first-order valence-electron chi connectivity index (χ1n) is 7.32. The Morgan fingerprint density at radius 3 is 1.83 bits per heavy atom. The number of esters is 1. The largest absolute Gasteiger partial charge is 1.00 e. The van der Waals surface area contributed by atoms with Gasteiger partial charge in [0.05, 0.1) is 12.0 Å². The molecule has 0 heterocycles. The average Bonchev–Trinajstić information content (AvgIpc) is 2.45. The zero-order valence-electron chi connectivity index (χ0n) is 16.8. The minimum Gasteiger partial charge on any atom is -1.00 e. The standard InChI is InChI=1S/C15H22O2.C2H4O2.K.2H3N.H/c1-4-15(5-2,14(16)17-6-3)12-13-10-8-7-9-11-13;1-2(3)4;;;;/h7-11H,4-6,12H2,1-3H3;1H3,(H,3,4);;2*1H3;/q;;+1;;;-1. The topological polar surface area (TPSA) is 134 Å². The molecule has 0 amide bonds. The molecule has 0 atom stereocenters. The van der Waals surface area contributed by atoms with Gasteiger partial charge in [-0.05, 0) is 31.7 Å². The van der Waals surface area contributed by atoms with E-state index in [1.54, 1.807) is 0 Å². The zero-order chi connectivity index (χ0) is 16.3. The summed E-state index contributed by atoms with van der Waals surface area (Å²) in [7, 11) is 0. The number of rotatable bonds is 6. The Morgan fingerprint density at radius 1 is 1.08 bits per heavy atom. The van der Waals surface area contributed by atoms with Crippen LogP contribution in [0.15, 0.2) is 30.3 Å². The minimum absolute atomic E-state index is 0. The van der Waals surface area contributed by atoms with Crippen LogP contribution < -0.4 is 63.7 Å². The molecule has 0 spiro atoms. The van der Waals surface area contributed by atoms with Gasteiger partial charge in [-0.2, -0.15) is 0 Å². The summed E-state index contributed by atoms with van der Waals surface area (Å²) < 4.78 is 5.22. The van der Waals surface area contributed by atoms with E-state index < -0.39 is 5.97 Å². The van der Waals surface area contributed by atoms with Crippen molar-refractivity contribution in [2.45, 2.75) is 47.0 Å². The SMILES string of the molecule is CC(=O)O.CCOC(=O)C(CC)(CC)Cc1ccccc1.N.N.[H-].[K+]. The molecule has 0 unspecified atom stereocenters. The van der Waals surface area contributed by atoms with E-state index in [0.717, 1.165) is 26.2 Å². The first kappa shape index (κ1) is 31.5. The third-order valence-electron chi connectivity index (χ3n) is 3.45. The van der Waals surface area contributed by atoms with Crippen LogP contribution in [0.2, 0.25) is 0 Å². The number of hydrogen-bond donors (Lipinski definition) is 3. The number of carbonyl (C=O) groups excluding carboxylic acids is 1. The van der Waals surface area contributed by atoms with Crippen molar-refractivity contribution < 1.29 is 72.2 Å². The molecule has 6 nitrogen and oxygen atoms in total. The van der Waals surface area contributed by atoms with Crippen molar-refractivity contribution in [1.82, 2.24) is 12.3 Å². The zero-order valence-corrected chi connectivity index (χ0v) is 18.9. The molecule has 0 aromatic heterocycles. The van der Waals surface area contributed by atoms with Crippen LogP contribution in [0.5, 0.6) is 0 Å². The van der Waals surface area contributed by atoms with Crippen LogP contribution >= 0.6 is 0 Å². The van der Waals surface area contributed by atoms with Crippen LogP contribution in [0.25, 0.3) is 0 Å². The molecule has 7 heteroatoms. The first-order chi connectivity index (χ1) is 9.91. The molecule has 136 valence electrons. The van der Waals surface area contributed by atoms with E-state index in [0.29, 0.717) is 6.61 Å². The van der Waals surface area contributed by atoms with E-state index in [4.69, 9.17) is 14.6 Å². The van der Waals surface area contributed by atoms with E-state index in [9.17, 15) is 4.79 Å². The second kappa shape index (κ2) is 17.5. The van der Waals surface area contributed by atoms with Gasteiger partial charge >= 0.3 is 57.4 Å². The Labute approximate surface area is 189 Å². The second-order valence-electron chi connectivity index (χ2n) is 4.89. The van der Waals surface area contributed by atoms with Gasteiger partial charge in [-0.1, -0.05) is 44.2 Å². The van der Waals surface area contributed by atoms with E-state index in [1.807, 2.05) is 25.1 Å². The number of ether oxygens (including phenoxy) is 1. The van der Waals surface area contributed by atoms with Crippen LogP contribution in [0.4, 0.5) is 0 Å². The van der Waals surface area contributed by atoms with E-state index in [2.05, 4.69) is 26.0 Å². The molecule has 1 rings (SSSR count). The normalized spacial score (nSPS) is 9.00. The van der Waals surface area contributed by atoms with Gasteiger partial charge in [0.1, 0.15) is 0 Å². The maximum absolute atomic E-state index is 12.1. The third-order valence-corrected chi connectivity index (χ3v) is 3.45. The molecule has 0 radical (unpaired) electrons. The summed E-state index contributed by atoms with van der Waals surface area (Å²) in [5.74, 6) is -0.895. The van der Waals surface area contributed by atoms with Crippen LogP contribution in [-0.2, 0) is 20.7 Å². The minimum atomic E-state index is -0.833. The summed E-state index contributed by atoms with van der Waals surface area (Å²) in [4.78, 5) is 21.1. The molecule has 7 N–H and O–H groups in total. The molecule has 0 aliphatic carbocycles. The van der Waals surface area contributed by atoms with Crippen molar-refractivity contribution in [2.24, 2.45) is 5.41 Å². The summed E-state index contributed by atoms with van der Waals surface area (Å²) in [5.41, 5.74) is 0.835. The fourth-order valence-corrected chi connectivity index (χ4v) is 2.13. The van der Waals surface area contributed by atoms with Gasteiger partial charge in [0.25, 0.3) is 5.97 Å². The fraction of sp³-hybridized carbons (Fsp3) is 0.529. The quantitative estimate of drug-likeness (QED) is 0.509. The Kier molecular flexibility index (Phi) is 23.0. The van der Waals surface area contributed by atoms with Gasteiger partial charge in [-0.25, -0.2) is 0 Å². The summed E-state index contributed by atoms with van der Waals surface area (Å²) >= 11 is 0. The predicted molar refractivity (Wildman–Crippen MR) is 94.3 cm³/mol. The van der Waals surface area contributed by atoms with Crippen LogP contribution in [-0.4, -0.2) is 23.7 Å². The smallest absolute Gasteiger partial charge is 1.00 e. The van der Waals surface area contributed by atoms with Crippen molar-refractivity contribution in [3.05, 3.63) is 35.9 Å². The van der Waals surface area contributed by atoms with Gasteiger partial charge in [0, 0.05) is 6.92 Å². The predicted octanol–water partition coefficient (Wildman–Crippen LogP) is 1.13. The molecule has 0 saturated heterocycles. The average molecular weight is 369 g/mol. The fourth-order valence-electron chi connectivity index (χ4n) is 2.13. The third kappa shape index (κ3) is 12.1. The van der Waals surface area contributed by atoms with Crippen molar-refractivity contribution in [3.63, 3.8) is 0 Å². The maximum atomic E-state index is 12.1. The Morgan fingerprint density at radius 2 is 1.50 bits per heavy atom. The van der Waals surface area contributed by atoms with Gasteiger partial charge in [0.2, 0.25) is 0 Å². The number of benzene rings is 1. The Hall–Kier alpha value is -0.284.